The largest absolute Gasteiger partial charge is 0.490 e. The fourth-order valence-corrected chi connectivity index (χ4v) is 3.06. The molecule has 1 saturated heterocycles. The predicted molar refractivity (Wildman–Crippen MR) is 111 cm³/mol. The molecule has 2 N–H and O–H groups in total. The van der Waals surface area contributed by atoms with Crippen LogP contribution < -0.4 is 14.8 Å². The summed E-state index contributed by atoms with van der Waals surface area (Å²) < 4.78 is 15.3. The second-order valence-electron chi connectivity index (χ2n) is 5.60. The van der Waals surface area contributed by atoms with E-state index in [1.54, 1.807) is 13.0 Å². The summed E-state index contributed by atoms with van der Waals surface area (Å²) in [7, 11) is 1.20. The molecule has 10 nitrogen and oxygen atoms in total. The highest BCUT2D eigenvalue weighted by atomic mass is 35.5. The number of amides is 1. The number of nitrogens with zero attached hydrogens (tertiary/aromatic N) is 2. The number of carbonyl (C=O) groups excluding carboxylic acids is 2. The van der Waals surface area contributed by atoms with Crippen molar-refractivity contribution in [1.82, 2.24) is 5.32 Å². The van der Waals surface area contributed by atoms with E-state index >= 15 is 0 Å². The standard InChI is InChI=1S/C18H18ClN3O7S/c1-4-28-12-6-10(5-11(19)15(12)29-9(2)17(25)26)8-20-22-18-21-16(24)13(30-18)7-14(23)27-3/h5-9H,4H2,1-3H3,(H,25,26)(H,21,22,24)/b13-7+,20-8?. The van der Waals surface area contributed by atoms with Crippen LogP contribution in [0.5, 0.6) is 11.5 Å². The van der Waals surface area contributed by atoms with E-state index in [0.717, 1.165) is 17.8 Å². The number of carboxylic acids is 1. The number of amidine groups is 1. The molecule has 1 aliphatic rings. The maximum Gasteiger partial charge on any atom is 0.344 e. The second kappa shape index (κ2) is 10.6. The van der Waals surface area contributed by atoms with Crippen molar-refractivity contribution in [2.24, 2.45) is 10.2 Å². The highest BCUT2D eigenvalue weighted by Gasteiger charge is 2.25. The first-order valence-electron chi connectivity index (χ1n) is 8.50. The van der Waals surface area contributed by atoms with Crippen LogP contribution in [0.1, 0.15) is 19.4 Å². The molecule has 1 heterocycles. The number of methoxy groups -OCH3 is 1. The summed E-state index contributed by atoms with van der Waals surface area (Å²) >= 11 is 7.15. The molecule has 1 aromatic carbocycles. The van der Waals surface area contributed by atoms with Crippen LogP contribution in [-0.4, -0.2) is 54.2 Å². The Morgan fingerprint density at radius 2 is 2.13 bits per heavy atom. The lowest BCUT2D eigenvalue weighted by Gasteiger charge is -2.16. The van der Waals surface area contributed by atoms with Crippen LogP contribution in [0.2, 0.25) is 5.02 Å². The zero-order valence-corrected chi connectivity index (χ0v) is 17.7. The molecule has 1 aromatic rings. The average molecular weight is 456 g/mol. The molecule has 0 spiro atoms. The molecular weight excluding hydrogens is 438 g/mol. The number of benzene rings is 1. The van der Waals surface area contributed by atoms with Crippen LogP contribution in [-0.2, 0) is 19.1 Å². The number of ether oxygens (including phenoxy) is 3. The number of rotatable bonds is 8. The number of thioether (sulfide) groups is 1. The van der Waals surface area contributed by atoms with Crippen LogP contribution in [0.15, 0.2) is 33.3 Å². The van der Waals surface area contributed by atoms with E-state index < -0.39 is 23.9 Å². The maximum atomic E-state index is 11.8. The molecule has 0 radical (unpaired) electrons. The third-order valence-electron chi connectivity index (χ3n) is 3.43. The van der Waals surface area contributed by atoms with Crippen LogP contribution in [0, 0.1) is 0 Å². The van der Waals surface area contributed by atoms with Gasteiger partial charge in [-0.2, -0.15) is 5.10 Å². The molecule has 1 unspecified atom stereocenters. The van der Waals surface area contributed by atoms with E-state index in [1.165, 1.54) is 26.3 Å². The molecule has 2 rings (SSSR count). The minimum atomic E-state index is -1.15. The fraction of sp³-hybridized carbons (Fsp3) is 0.278. The Bertz CT molecular complexity index is 946. The first kappa shape index (κ1) is 23.2. The normalized spacial score (nSPS) is 17.3. The van der Waals surface area contributed by atoms with Crippen molar-refractivity contribution >= 4 is 52.6 Å². The van der Waals surface area contributed by atoms with Crippen molar-refractivity contribution in [3.8, 4) is 11.5 Å². The van der Waals surface area contributed by atoms with E-state index in [1.807, 2.05) is 0 Å². The van der Waals surface area contributed by atoms with E-state index in [-0.39, 0.29) is 26.6 Å². The SMILES string of the molecule is CCOc1cc(C=N/N=C2/NC(=O)/C(=C\C(=O)OC)S2)cc(Cl)c1OC(C)C(=O)O. The van der Waals surface area contributed by atoms with E-state index in [0.29, 0.717) is 12.2 Å². The first-order chi connectivity index (χ1) is 14.2. The third kappa shape index (κ3) is 6.22. The molecule has 1 amide bonds. The summed E-state index contributed by atoms with van der Waals surface area (Å²) in [5, 5.41) is 19.6. The summed E-state index contributed by atoms with van der Waals surface area (Å²) in [6.45, 7) is 3.43. The monoisotopic (exact) mass is 455 g/mol. The summed E-state index contributed by atoms with van der Waals surface area (Å²) in [6, 6.07) is 3.06. The van der Waals surface area contributed by atoms with E-state index in [2.05, 4.69) is 20.3 Å². The lowest BCUT2D eigenvalue weighted by atomic mass is 10.2. The summed E-state index contributed by atoms with van der Waals surface area (Å²) in [5.41, 5.74) is 0.503. The fourth-order valence-electron chi connectivity index (χ4n) is 2.06. The van der Waals surface area contributed by atoms with Gasteiger partial charge in [-0.15, -0.1) is 5.10 Å². The number of nitrogens with one attached hydrogen (secondary N) is 1. The number of hydrogen-bond donors (Lipinski definition) is 2. The van der Waals surface area contributed by atoms with Crippen LogP contribution in [0.25, 0.3) is 0 Å². The number of hydrogen-bond acceptors (Lipinski definition) is 9. The zero-order chi connectivity index (χ0) is 22.3. The van der Waals surface area contributed by atoms with Gasteiger partial charge in [0.1, 0.15) is 0 Å². The Labute approximate surface area is 180 Å². The topological polar surface area (TPSA) is 136 Å². The minimum absolute atomic E-state index is 0.105. The Balaban J connectivity index is 2.20. The highest BCUT2D eigenvalue weighted by molar-refractivity contribution is 8.18. The van der Waals surface area contributed by atoms with Gasteiger partial charge in [-0.3, -0.25) is 10.1 Å². The molecule has 12 heteroatoms. The Hall–Kier alpha value is -3.05. The van der Waals surface area contributed by atoms with Crippen molar-refractivity contribution in [3.05, 3.63) is 33.7 Å². The van der Waals surface area contributed by atoms with Crippen LogP contribution in [0.3, 0.4) is 0 Å². The summed E-state index contributed by atoms with van der Waals surface area (Å²) in [6.07, 6.45) is 1.29. The number of carbonyl (C=O) groups is 3. The van der Waals surface area contributed by atoms with Gasteiger partial charge in [0.2, 0.25) is 0 Å². The molecule has 0 bridgehead atoms. The Morgan fingerprint density at radius 3 is 2.77 bits per heavy atom. The average Bonchev–Trinajstić information content (AvgIpc) is 3.03. The summed E-state index contributed by atoms with van der Waals surface area (Å²) in [4.78, 5) is 34.2. The number of halogens is 1. The van der Waals surface area contributed by atoms with Gasteiger partial charge in [0.05, 0.1) is 29.9 Å². The van der Waals surface area contributed by atoms with Gasteiger partial charge < -0.3 is 19.3 Å². The Kier molecular flexibility index (Phi) is 8.25. The predicted octanol–water partition coefficient (Wildman–Crippen LogP) is 2.20. The lowest BCUT2D eigenvalue weighted by molar-refractivity contribution is -0.144. The smallest absolute Gasteiger partial charge is 0.344 e. The zero-order valence-electron chi connectivity index (χ0n) is 16.2. The van der Waals surface area contributed by atoms with Crippen molar-refractivity contribution in [2.45, 2.75) is 20.0 Å². The van der Waals surface area contributed by atoms with Gasteiger partial charge in [0.15, 0.2) is 22.8 Å². The minimum Gasteiger partial charge on any atom is -0.490 e. The number of carboxylic acid groups (broad SMARTS) is 1. The molecule has 1 atom stereocenters. The lowest BCUT2D eigenvalue weighted by Crippen LogP contribution is -2.23. The quantitative estimate of drug-likeness (QED) is 0.263. The molecule has 1 fully saturated rings. The van der Waals surface area contributed by atoms with Crippen molar-refractivity contribution in [1.29, 1.82) is 0 Å². The van der Waals surface area contributed by atoms with Gasteiger partial charge in [-0.25, -0.2) is 9.59 Å². The molecule has 30 heavy (non-hydrogen) atoms. The van der Waals surface area contributed by atoms with Gasteiger partial charge >= 0.3 is 11.9 Å². The van der Waals surface area contributed by atoms with Gasteiger partial charge in [0, 0.05) is 11.6 Å². The van der Waals surface area contributed by atoms with E-state index in [4.69, 9.17) is 26.2 Å². The van der Waals surface area contributed by atoms with Gasteiger partial charge in [-0.05, 0) is 37.7 Å². The van der Waals surface area contributed by atoms with Crippen molar-refractivity contribution in [2.75, 3.05) is 13.7 Å². The maximum absolute atomic E-state index is 11.8. The van der Waals surface area contributed by atoms with Crippen molar-refractivity contribution < 1.29 is 33.7 Å². The molecule has 0 aromatic heterocycles. The molecule has 1 aliphatic heterocycles. The first-order valence-corrected chi connectivity index (χ1v) is 9.70. The Morgan fingerprint density at radius 1 is 1.40 bits per heavy atom. The highest BCUT2D eigenvalue weighted by Crippen LogP contribution is 2.37. The number of aliphatic carboxylic acids is 1. The third-order valence-corrected chi connectivity index (χ3v) is 4.61. The second-order valence-corrected chi connectivity index (χ2v) is 7.04. The van der Waals surface area contributed by atoms with Gasteiger partial charge in [0.25, 0.3) is 5.91 Å². The molecular formula is C18H18ClN3O7S. The molecule has 160 valence electrons. The molecule has 0 aliphatic carbocycles. The van der Waals surface area contributed by atoms with E-state index in [9.17, 15) is 14.4 Å². The molecule has 0 saturated carbocycles. The van der Waals surface area contributed by atoms with Crippen molar-refractivity contribution in [3.63, 3.8) is 0 Å². The summed E-state index contributed by atoms with van der Waals surface area (Å²) in [5.74, 6) is -1.94. The van der Waals surface area contributed by atoms with Crippen LogP contribution in [0.4, 0.5) is 0 Å². The van der Waals surface area contributed by atoms with Gasteiger partial charge in [-0.1, -0.05) is 11.6 Å². The van der Waals surface area contributed by atoms with Crippen LogP contribution >= 0.6 is 23.4 Å². The number of esters is 1.